The molecule has 2 aromatic carbocycles. The molecule has 2 heterocycles. The topological polar surface area (TPSA) is 101 Å². The monoisotopic (exact) mass is 410 g/mol. The van der Waals surface area contributed by atoms with E-state index >= 15 is 0 Å². The van der Waals surface area contributed by atoms with Gasteiger partial charge in [-0.25, -0.2) is 14.6 Å². The van der Waals surface area contributed by atoms with Gasteiger partial charge >= 0.3 is 5.69 Å². The van der Waals surface area contributed by atoms with E-state index in [1.54, 1.807) is 7.11 Å². The summed E-state index contributed by atoms with van der Waals surface area (Å²) in [7, 11) is 1.63. The molecule has 0 bridgehead atoms. The highest BCUT2D eigenvalue weighted by molar-refractivity contribution is 6.33. The average Bonchev–Trinajstić information content (AvgIpc) is 3.35. The van der Waals surface area contributed by atoms with Crippen LogP contribution in [0.2, 0.25) is 5.02 Å². The Hall–Kier alpha value is -3.36. The largest absolute Gasteiger partial charge is 0.497 e. The number of halogens is 1. The lowest BCUT2D eigenvalue weighted by Gasteiger charge is -2.05. The van der Waals surface area contributed by atoms with Crippen LogP contribution in [0, 0.1) is 0 Å². The minimum Gasteiger partial charge on any atom is -0.497 e. The van der Waals surface area contributed by atoms with Gasteiger partial charge in [-0.05, 0) is 30.3 Å². The Morgan fingerprint density at radius 1 is 1.14 bits per heavy atom. The van der Waals surface area contributed by atoms with Gasteiger partial charge in [0.05, 0.1) is 30.1 Å². The highest BCUT2D eigenvalue weighted by Gasteiger charge is 2.15. The molecular formula is C20H19ClN6O2. The summed E-state index contributed by atoms with van der Waals surface area (Å²) in [6.45, 7) is 0.931. The van der Waals surface area contributed by atoms with Gasteiger partial charge in [-0.2, -0.15) is 10.2 Å². The van der Waals surface area contributed by atoms with Crippen LogP contribution in [-0.2, 0) is 13.1 Å². The number of hydrogen-bond donors (Lipinski definition) is 3. The van der Waals surface area contributed by atoms with E-state index in [0.717, 1.165) is 28.3 Å². The molecule has 0 radical (unpaired) electrons. The van der Waals surface area contributed by atoms with Crippen molar-refractivity contribution in [2.75, 3.05) is 7.11 Å². The Morgan fingerprint density at radius 3 is 2.62 bits per heavy atom. The van der Waals surface area contributed by atoms with Crippen molar-refractivity contribution in [2.24, 2.45) is 0 Å². The van der Waals surface area contributed by atoms with E-state index in [1.165, 1.54) is 0 Å². The lowest BCUT2D eigenvalue weighted by Crippen LogP contribution is -2.14. The van der Waals surface area contributed by atoms with E-state index < -0.39 is 0 Å². The van der Waals surface area contributed by atoms with Gasteiger partial charge < -0.3 is 10.1 Å². The van der Waals surface area contributed by atoms with Crippen molar-refractivity contribution in [3.63, 3.8) is 0 Å². The van der Waals surface area contributed by atoms with Crippen LogP contribution >= 0.6 is 11.6 Å². The van der Waals surface area contributed by atoms with Gasteiger partial charge in [0.1, 0.15) is 11.6 Å². The van der Waals surface area contributed by atoms with E-state index in [1.807, 2.05) is 59.4 Å². The summed E-state index contributed by atoms with van der Waals surface area (Å²) in [4.78, 5) is 13.8. The molecule has 0 spiro atoms. The van der Waals surface area contributed by atoms with Crippen LogP contribution in [0.25, 0.3) is 16.9 Å². The number of methoxy groups -OCH3 is 1. The third-order valence-electron chi connectivity index (χ3n) is 4.41. The van der Waals surface area contributed by atoms with Crippen LogP contribution in [0.4, 0.5) is 0 Å². The third kappa shape index (κ3) is 4.23. The van der Waals surface area contributed by atoms with Crippen LogP contribution in [0.15, 0.2) is 59.5 Å². The normalized spacial score (nSPS) is 11.0. The zero-order valence-corrected chi connectivity index (χ0v) is 16.4. The molecule has 4 aromatic rings. The Kier molecular flexibility index (Phi) is 5.46. The Bertz CT molecular complexity index is 1160. The lowest BCUT2D eigenvalue weighted by atomic mass is 10.1. The van der Waals surface area contributed by atoms with E-state index in [9.17, 15) is 4.79 Å². The van der Waals surface area contributed by atoms with E-state index in [2.05, 4.69) is 20.5 Å². The van der Waals surface area contributed by atoms with E-state index in [-0.39, 0.29) is 5.69 Å². The standard InChI is InChI=1S/C20H19ClN6O2/c1-29-15-8-6-14(7-9-15)27-12-13(10-22-11-18-23-20(28)25-24-18)19(26-27)16-4-2-3-5-17(16)21/h2-9,12,22H,10-11H2,1H3,(H2,23,24,25,28). The molecule has 0 aliphatic carbocycles. The molecular weight excluding hydrogens is 392 g/mol. The number of nitrogens with zero attached hydrogens (tertiary/aromatic N) is 3. The van der Waals surface area contributed by atoms with Crippen molar-refractivity contribution in [2.45, 2.75) is 13.1 Å². The average molecular weight is 411 g/mol. The maximum atomic E-state index is 11.2. The maximum Gasteiger partial charge on any atom is 0.340 e. The molecule has 2 aromatic heterocycles. The highest BCUT2D eigenvalue weighted by Crippen LogP contribution is 2.30. The second kappa shape index (κ2) is 8.34. The van der Waals surface area contributed by atoms with Gasteiger partial charge in [0.2, 0.25) is 0 Å². The SMILES string of the molecule is COc1ccc(-n2cc(CNCc3n[nH]c(=O)[nH]3)c(-c3ccccc3Cl)n2)cc1. The predicted molar refractivity (Wildman–Crippen MR) is 110 cm³/mol. The Labute approximate surface area is 171 Å². The fourth-order valence-corrected chi connectivity index (χ4v) is 3.22. The van der Waals surface area contributed by atoms with Gasteiger partial charge in [-0.3, -0.25) is 4.98 Å². The first-order valence-corrected chi connectivity index (χ1v) is 9.34. The van der Waals surface area contributed by atoms with Gasteiger partial charge in [-0.1, -0.05) is 29.8 Å². The molecule has 8 nitrogen and oxygen atoms in total. The van der Waals surface area contributed by atoms with Gasteiger partial charge in [0, 0.05) is 23.9 Å². The van der Waals surface area contributed by atoms with Crippen LogP contribution in [-0.4, -0.2) is 32.1 Å². The van der Waals surface area contributed by atoms with E-state index in [0.29, 0.717) is 23.9 Å². The highest BCUT2D eigenvalue weighted by atomic mass is 35.5. The number of aromatic nitrogens is 5. The van der Waals surface area contributed by atoms with Crippen LogP contribution in [0.5, 0.6) is 5.75 Å². The summed E-state index contributed by atoms with van der Waals surface area (Å²) in [5, 5.41) is 14.9. The number of H-pyrrole nitrogens is 2. The molecule has 0 fully saturated rings. The van der Waals surface area contributed by atoms with Crippen molar-refractivity contribution >= 4 is 11.6 Å². The summed E-state index contributed by atoms with van der Waals surface area (Å²) < 4.78 is 7.04. The first-order chi connectivity index (χ1) is 14.1. The molecule has 4 rings (SSSR count). The first-order valence-electron chi connectivity index (χ1n) is 8.96. The quantitative estimate of drug-likeness (QED) is 0.435. The fraction of sp³-hybridized carbons (Fsp3) is 0.150. The molecule has 3 N–H and O–H groups in total. The van der Waals surface area contributed by atoms with Gasteiger partial charge in [0.25, 0.3) is 0 Å². The summed E-state index contributed by atoms with van der Waals surface area (Å²) in [5.41, 5.74) is 3.18. The molecule has 0 saturated heterocycles. The lowest BCUT2D eigenvalue weighted by molar-refractivity contribution is 0.414. The van der Waals surface area contributed by atoms with Crippen molar-refractivity contribution < 1.29 is 4.74 Å². The van der Waals surface area contributed by atoms with Crippen molar-refractivity contribution in [3.05, 3.63) is 81.6 Å². The predicted octanol–water partition coefficient (Wildman–Crippen LogP) is 2.90. The molecule has 0 atom stereocenters. The molecule has 29 heavy (non-hydrogen) atoms. The summed E-state index contributed by atoms with van der Waals surface area (Å²) in [6.07, 6.45) is 1.96. The maximum absolute atomic E-state index is 11.2. The zero-order chi connectivity index (χ0) is 20.2. The number of nitrogens with one attached hydrogen (secondary N) is 3. The summed E-state index contributed by atoms with van der Waals surface area (Å²) >= 11 is 6.42. The smallest absolute Gasteiger partial charge is 0.340 e. The second-order valence-corrected chi connectivity index (χ2v) is 6.76. The molecule has 0 saturated carbocycles. The number of ether oxygens (including phenoxy) is 1. The molecule has 0 aliphatic heterocycles. The minimum absolute atomic E-state index is 0.328. The van der Waals surface area contributed by atoms with Gasteiger partial charge in [-0.15, -0.1) is 0 Å². The molecule has 0 aliphatic rings. The number of benzene rings is 2. The molecule has 9 heteroatoms. The number of aromatic amines is 2. The van der Waals surface area contributed by atoms with Crippen molar-refractivity contribution in [1.29, 1.82) is 0 Å². The Morgan fingerprint density at radius 2 is 1.93 bits per heavy atom. The number of rotatable bonds is 7. The summed E-state index contributed by atoms with van der Waals surface area (Å²) in [6, 6.07) is 15.3. The molecule has 148 valence electrons. The van der Waals surface area contributed by atoms with E-state index in [4.69, 9.17) is 21.4 Å². The zero-order valence-electron chi connectivity index (χ0n) is 15.6. The van der Waals surface area contributed by atoms with Crippen molar-refractivity contribution in [1.82, 2.24) is 30.3 Å². The van der Waals surface area contributed by atoms with Gasteiger partial charge in [0.15, 0.2) is 0 Å². The van der Waals surface area contributed by atoms with Crippen molar-refractivity contribution in [3.8, 4) is 22.7 Å². The summed E-state index contributed by atoms with van der Waals surface area (Å²) in [5.74, 6) is 1.32. The Balaban J connectivity index is 1.64. The van der Waals surface area contributed by atoms with Crippen LogP contribution in [0.3, 0.4) is 0 Å². The minimum atomic E-state index is -0.328. The molecule has 0 amide bonds. The van der Waals surface area contributed by atoms with Crippen LogP contribution in [0.1, 0.15) is 11.4 Å². The number of hydrogen-bond acceptors (Lipinski definition) is 5. The first kappa shape index (κ1) is 19.0. The fourth-order valence-electron chi connectivity index (χ4n) is 2.99. The third-order valence-corrected chi connectivity index (χ3v) is 4.74. The van der Waals surface area contributed by atoms with Crippen LogP contribution < -0.4 is 15.7 Å². The molecule has 0 unspecified atom stereocenters. The second-order valence-electron chi connectivity index (χ2n) is 6.35.